The van der Waals surface area contributed by atoms with Crippen LogP contribution in [0.1, 0.15) is 12.5 Å². The number of Topliss-reactive ketones (excluding diaryl/α,β-unsaturated/α-hetero) is 1. The fraction of sp³-hybridized carbons (Fsp3) is 0.333. The van der Waals surface area contributed by atoms with Crippen LogP contribution in [0, 0.1) is 0 Å². The number of ether oxygens (including phenoxy) is 2. The molecule has 1 aromatic carbocycles. The third-order valence-corrected chi connectivity index (χ3v) is 3.27. The number of carbonyl (C=O) groups excluding carboxylic acids is 1. The molecule has 0 amide bonds. The van der Waals surface area contributed by atoms with Gasteiger partial charge in [-0.1, -0.05) is 0 Å². The minimum Gasteiger partial charge on any atom is -0.493 e. The van der Waals surface area contributed by atoms with Crippen LogP contribution in [-0.4, -0.2) is 26.0 Å². The number of ketones is 1. The molecule has 0 radical (unpaired) electrons. The predicted molar refractivity (Wildman–Crippen MR) is 77.9 cm³/mol. The van der Waals surface area contributed by atoms with Crippen molar-refractivity contribution in [1.29, 1.82) is 0 Å². The quantitative estimate of drug-likeness (QED) is 0.834. The van der Waals surface area contributed by atoms with Crippen LogP contribution in [0.3, 0.4) is 0 Å². The van der Waals surface area contributed by atoms with Gasteiger partial charge >= 0.3 is 5.63 Å². The number of hydrogen-bond acceptors (Lipinski definition) is 6. The van der Waals surface area contributed by atoms with Crippen molar-refractivity contribution < 1.29 is 18.7 Å². The van der Waals surface area contributed by atoms with Crippen LogP contribution in [0.15, 0.2) is 27.4 Å². The first-order valence-corrected chi connectivity index (χ1v) is 6.41. The van der Waals surface area contributed by atoms with Crippen LogP contribution in [0.2, 0.25) is 0 Å². The Labute approximate surface area is 121 Å². The van der Waals surface area contributed by atoms with Crippen molar-refractivity contribution in [2.24, 2.45) is 5.73 Å². The molecule has 1 atom stereocenters. The van der Waals surface area contributed by atoms with Crippen LogP contribution >= 0.6 is 0 Å². The largest absolute Gasteiger partial charge is 0.493 e. The number of carbonyl (C=O) groups is 1. The van der Waals surface area contributed by atoms with E-state index in [0.717, 1.165) is 0 Å². The van der Waals surface area contributed by atoms with Crippen molar-refractivity contribution in [3.8, 4) is 11.5 Å². The monoisotopic (exact) mass is 291 g/mol. The second kappa shape index (κ2) is 5.97. The minimum atomic E-state index is -0.717. The van der Waals surface area contributed by atoms with Gasteiger partial charge in [0.1, 0.15) is 11.4 Å². The number of fused-ring (bicyclic) bond motifs is 1. The maximum Gasteiger partial charge on any atom is 0.339 e. The molecule has 0 bridgehead atoms. The summed E-state index contributed by atoms with van der Waals surface area (Å²) >= 11 is 0. The van der Waals surface area contributed by atoms with Gasteiger partial charge in [-0.05, 0) is 19.1 Å². The molecule has 0 spiro atoms. The van der Waals surface area contributed by atoms with Gasteiger partial charge in [-0.25, -0.2) is 4.79 Å². The Hall–Kier alpha value is -2.34. The first-order chi connectivity index (χ1) is 9.96. The van der Waals surface area contributed by atoms with E-state index in [1.807, 2.05) is 0 Å². The lowest BCUT2D eigenvalue weighted by molar-refractivity contribution is -0.118. The summed E-state index contributed by atoms with van der Waals surface area (Å²) in [6.07, 6.45) is 0.141. The summed E-state index contributed by atoms with van der Waals surface area (Å²) in [5.41, 5.74) is 5.93. The highest BCUT2D eigenvalue weighted by Gasteiger charge is 2.15. The molecular formula is C15H17NO5. The van der Waals surface area contributed by atoms with Crippen molar-refractivity contribution in [2.75, 3.05) is 14.2 Å². The summed E-state index contributed by atoms with van der Waals surface area (Å²) < 4.78 is 15.6. The maximum absolute atomic E-state index is 11.9. The number of benzene rings is 1. The van der Waals surface area contributed by atoms with Gasteiger partial charge in [0.25, 0.3) is 0 Å². The molecule has 2 N–H and O–H groups in total. The van der Waals surface area contributed by atoms with E-state index in [0.29, 0.717) is 28.0 Å². The average Bonchev–Trinajstić information content (AvgIpc) is 2.46. The summed E-state index contributed by atoms with van der Waals surface area (Å²) in [6.45, 7) is 1.39. The maximum atomic E-state index is 11.9. The van der Waals surface area contributed by atoms with Crippen LogP contribution < -0.4 is 20.8 Å². The molecule has 21 heavy (non-hydrogen) atoms. The fourth-order valence-electron chi connectivity index (χ4n) is 2.01. The molecule has 2 rings (SSSR count). The van der Waals surface area contributed by atoms with Crippen LogP contribution in [-0.2, 0) is 11.2 Å². The van der Waals surface area contributed by atoms with E-state index in [1.165, 1.54) is 21.1 Å². The average molecular weight is 291 g/mol. The fourth-order valence-corrected chi connectivity index (χ4v) is 2.01. The molecule has 112 valence electrons. The molecule has 0 fully saturated rings. The molecule has 6 heteroatoms. The molecule has 2 aromatic rings. The second-order valence-electron chi connectivity index (χ2n) is 4.73. The highest BCUT2D eigenvalue weighted by atomic mass is 16.5. The highest BCUT2D eigenvalue weighted by Crippen LogP contribution is 2.31. The zero-order valence-corrected chi connectivity index (χ0v) is 12.1. The summed E-state index contributed by atoms with van der Waals surface area (Å²) in [4.78, 5) is 23.2. The van der Waals surface area contributed by atoms with Gasteiger partial charge in [0, 0.05) is 23.4 Å². The smallest absolute Gasteiger partial charge is 0.339 e. The third-order valence-electron chi connectivity index (χ3n) is 3.27. The minimum absolute atomic E-state index is 0.141. The number of nitrogens with two attached hydrogens (primary N) is 1. The normalized spacial score (nSPS) is 12.2. The molecule has 0 saturated heterocycles. The lowest BCUT2D eigenvalue weighted by atomic mass is 10.0. The van der Waals surface area contributed by atoms with Crippen molar-refractivity contribution in [3.63, 3.8) is 0 Å². The summed E-state index contributed by atoms with van der Waals surface area (Å²) in [7, 11) is 3.03. The van der Waals surface area contributed by atoms with Crippen LogP contribution in [0.5, 0.6) is 11.5 Å². The Morgan fingerprint density at radius 2 is 1.86 bits per heavy atom. The number of hydrogen-bond donors (Lipinski definition) is 1. The topological polar surface area (TPSA) is 91.8 Å². The van der Waals surface area contributed by atoms with Gasteiger partial charge in [0.05, 0.1) is 20.3 Å². The summed E-state index contributed by atoms with van der Waals surface area (Å²) in [5, 5.41) is 0.679. The van der Waals surface area contributed by atoms with Crippen molar-refractivity contribution in [1.82, 2.24) is 0 Å². The van der Waals surface area contributed by atoms with Gasteiger partial charge < -0.3 is 19.6 Å². The third kappa shape index (κ3) is 3.05. The van der Waals surface area contributed by atoms with E-state index in [-0.39, 0.29) is 12.2 Å². The Morgan fingerprint density at radius 1 is 1.24 bits per heavy atom. The van der Waals surface area contributed by atoms with E-state index in [1.54, 1.807) is 18.2 Å². The standard InChI is InChI=1S/C15H17NO5/c1-8(17)11(16)5-10-4-9-6-13(19-2)14(20-3)7-12(9)21-15(10)18/h4,6-7,11H,5,16H2,1-3H3/t11-/m0/s1. The zero-order chi connectivity index (χ0) is 15.6. The molecular weight excluding hydrogens is 274 g/mol. The first kappa shape index (κ1) is 15.1. The van der Waals surface area contributed by atoms with Gasteiger partial charge in [-0.3, -0.25) is 4.79 Å². The molecule has 0 saturated carbocycles. The lowest BCUT2D eigenvalue weighted by Gasteiger charge is -2.10. The molecule has 0 aliphatic rings. The molecule has 1 aromatic heterocycles. The molecule has 0 aliphatic carbocycles. The highest BCUT2D eigenvalue weighted by molar-refractivity contribution is 5.83. The predicted octanol–water partition coefficient (Wildman–Crippen LogP) is 1.27. The van der Waals surface area contributed by atoms with E-state index >= 15 is 0 Å². The lowest BCUT2D eigenvalue weighted by Crippen LogP contribution is -2.32. The van der Waals surface area contributed by atoms with E-state index in [9.17, 15) is 9.59 Å². The second-order valence-corrected chi connectivity index (χ2v) is 4.73. The van der Waals surface area contributed by atoms with E-state index < -0.39 is 11.7 Å². The van der Waals surface area contributed by atoms with Gasteiger partial charge in [0.2, 0.25) is 0 Å². The Kier molecular flexibility index (Phi) is 4.28. The van der Waals surface area contributed by atoms with Gasteiger partial charge in [0.15, 0.2) is 11.5 Å². The molecule has 0 unspecified atom stereocenters. The number of methoxy groups -OCH3 is 2. The summed E-state index contributed by atoms with van der Waals surface area (Å²) in [6, 6.07) is 4.24. The molecule has 0 aliphatic heterocycles. The van der Waals surface area contributed by atoms with Crippen molar-refractivity contribution >= 4 is 16.8 Å². The molecule has 1 heterocycles. The van der Waals surface area contributed by atoms with E-state index in [2.05, 4.69) is 0 Å². The van der Waals surface area contributed by atoms with E-state index in [4.69, 9.17) is 19.6 Å². The number of rotatable bonds is 5. The van der Waals surface area contributed by atoms with Crippen LogP contribution in [0.4, 0.5) is 0 Å². The van der Waals surface area contributed by atoms with Crippen molar-refractivity contribution in [3.05, 3.63) is 34.2 Å². The summed E-state index contributed by atoms with van der Waals surface area (Å²) in [5.74, 6) is 0.823. The van der Waals surface area contributed by atoms with Gasteiger partial charge in [-0.15, -0.1) is 0 Å². The Balaban J connectivity index is 2.53. The Morgan fingerprint density at radius 3 is 2.43 bits per heavy atom. The molecule has 6 nitrogen and oxygen atoms in total. The Bertz CT molecular complexity index is 735. The van der Waals surface area contributed by atoms with Gasteiger partial charge in [-0.2, -0.15) is 0 Å². The SMILES string of the molecule is COc1cc2cc(C[C@H](N)C(C)=O)c(=O)oc2cc1OC. The van der Waals surface area contributed by atoms with Crippen molar-refractivity contribution in [2.45, 2.75) is 19.4 Å². The first-order valence-electron chi connectivity index (χ1n) is 6.41. The van der Waals surface area contributed by atoms with Crippen LogP contribution in [0.25, 0.3) is 11.0 Å². The zero-order valence-electron chi connectivity index (χ0n) is 12.1.